The zero-order valence-electron chi connectivity index (χ0n) is 6.92. The second-order valence-electron chi connectivity index (χ2n) is 2.67. The van der Waals surface area contributed by atoms with Crippen LogP contribution in [0.25, 0.3) is 0 Å². The standard InChI is InChI=1S/C8H14N2O2/c1-2-8(10,7(11)12)5-3-4-6-9/h1H,3-6,9-10H2,(H,11,12)/t8-/m0/s1. The maximum absolute atomic E-state index is 10.5. The van der Waals surface area contributed by atoms with E-state index in [2.05, 4.69) is 5.92 Å². The van der Waals surface area contributed by atoms with Crippen molar-refractivity contribution < 1.29 is 9.90 Å². The van der Waals surface area contributed by atoms with Crippen molar-refractivity contribution in [2.45, 2.75) is 24.8 Å². The van der Waals surface area contributed by atoms with Crippen molar-refractivity contribution in [2.75, 3.05) is 6.54 Å². The van der Waals surface area contributed by atoms with E-state index >= 15 is 0 Å². The summed E-state index contributed by atoms with van der Waals surface area (Å²) in [6.07, 6.45) is 6.66. The average molecular weight is 170 g/mol. The normalized spacial score (nSPS) is 14.8. The van der Waals surface area contributed by atoms with Crippen LogP contribution in [0.5, 0.6) is 0 Å². The Morgan fingerprint density at radius 2 is 2.17 bits per heavy atom. The molecule has 0 aliphatic rings. The van der Waals surface area contributed by atoms with Gasteiger partial charge in [-0.15, -0.1) is 6.42 Å². The van der Waals surface area contributed by atoms with E-state index in [0.29, 0.717) is 13.0 Å². The van der Waals surface area contributed by atoms with Gasteiger partial charge < -0.3 is 16.6 Å². The second-order valence-corrected chi connectivity index (χ2v) is 2.67. The number of terminal acetylenes is 1. The Kier molecular flexibility index (Phi) is 4.34. The van der Waals surface area contributed by atoms with E-state index in [9.17, 15) is 4.79 Å². The minimum absolute atomic E-state index is 0.274. The highest BCUT2D eigenvalue weighted by Crippen LogP contribution is 2.09. The van der Waals surface area contributed by atoms with Crippen molar-refractivity contribution in [2.24, 2.45) is 11.5 Å². The topological polar surface area (TPSA) is 89.3 Å². The number of carboxylic acids is 1. The lowest BCUT2D eigenvalue weighted by atomic mass is 9.95. The van der Waals surface area contributed by atoms with E-state index in [-0.39, 0.29) is 6.42 Å². The minimum Gasteiger partial charge on any atom is -0.479 e. The van der Waals surface area contributed by atoms with Crippen LogP contribution < -0.4 is 11.5 Å². The zero-order chi connectivity index (χ0) is 9.61. The number of hydrogen-bond acceptors (Lipinski definition) is 3. The minimum atomic E-state index is -1.52. The number of hydrogen-bond donors (Lipinski definition) is 3. The number of unbranched alkanes of at least 4 members (excludes halogenated alkanes) is 1. The van der Waals surface area contributed by atoms with Crippen LogP contribution in [0.15, 0.2) is 0 Å². The number of rotatable bonds is 5. The third kappa shape index (κ3) is 2.91. The Balaban J connectivity index is 4.00. The Labute approximate surface area is 71.9 Å². The molecule has 1 atom stereocenters. The van der Waals surface area contributed by atoms with Crippen LogP contribution in [0.2, 0.25) is 0 Å². The highest BCUT2D eigenvalue weighted by molar-refractivity contribution is 5.82. The monoisotopic (exact) mass is 170 g/mol. The number of carbonyl (C=O) groups is 1. The summed E-state index contributed by atoms with van der Waals surface area (Å²) in [6.45, 7) is 0.528. The van der Waals surface area contributed by atoms with Gasteiger partial charge in [-0.3, -0.25) is 0 Å². The Hall–Kier alpha value is -1.05. The van der Waals surface area contributed by atoms with Gasteiger partial charge >= 0.3 is 5.97 Å². The highest BCUT2D eigenvalue weighted by atomic mass is 16.4. The lowest BCUT2D eigenvalue weighted by Gasteiger charge is -2.17. The third-order valence-corrected chi connectivity index (χ3v) is 1.66. The van der Waals surface area contributed by atoms with Gasteiger partial charge in [0.2, 0.25) is 0 Å². The molecule has 0 spiro atoms. The summed E-state index contributed by atoms with van der Waals surface area (Å²) in [5.74, 6) is 0.923. The first-order valence-corrected chi connectivity index (χ1v) is 3.77. The van der Waals surface area contributed by atoms with Crippen LogP contribution in [0.4, 0.5) is 0 Å². The fraction of sp³-hybridized carbons (Fsp3) is 0.625. The summed E-state index contributed by atoms with van der Waals surface area (Å²) in [7, 11) is 0. The molecule has 0 saturated carbocycles. The molecule has 0 fully saturated rings. The maximum Gasteiger partial charge on any atom is 0.336 e. The van der Waals surface area contributed by atoms with Crippen LogP contribution in [-0.4, -0.2) is 23.2 Å². The molecule has 0 amide bonds. The predicted molar refractivity (Wildman–Crippen MR) is 46.3 cm³/mol. The molecule has 0 saturated heterocycles. The molecule has 4 heteroatoms. The maximum atomic E-state index is 10.5. The van der Waals surface area contributed by atoms with Crippen LogP contribution in [0.3, 0.4) is 0 Å². The summed E-state index contributed by atoms with van der Waals surface area (Å²) in [5.41, 5.74) is 9.12. The van der Waals surface area contributed by atoms with Gasteiger partial charge in [-0.25, -0.2) is 4.79 Å². The van der Waals surface area contributed by atoms with Crippen LogP contribution in [0.1, 0.15) is 19.3 Å². The van der Waals surface area contributed by atoms with Crippen LogP contribution in [-0.2, 0) is 4.79 Å². The predicted octanol–water partition coefficient (Wildman–Crippen LogP) is -0.469. The van der Waals surface area contributed by atoms with Crippen molar-refractivity contribution in [1.29, 1.82) is 0 Å². The number of carboxylic acid groups (broad SMARTS) is 1. The number of nitrogens with two attached hydrogens (primary N) is 2. The average Bonchev–Trinajstić information content (AvgIpc) is 2.04. The van der Waals surface area contributed by atoms with Crippen molar-refractivity contribution in [3.63, 3.8) is 0 Å². The lowest BCUT2D eigenvalue weighted by molar-refractivity contribution is -0.141. The molecule has 0 aromatic carbocycles. The fourth-order valence-corrected chi connectivity index (χ4v) is 0.789. The molecule has 0 aliphatic carbocycles. The molecule has 0 rings (SSSR count). The molecule has 0 aliphatic heterocycles. The first-order valence-electron chi connectivity index (χ1n) is 3.77. The van der Waals surface area contributed by atoms with Crippen molar-refractivity contribution in [1.82, 2.24) is 0 Å². The summed E-state index contributed by atoms with van der Waals surface area (Å²) in [4.78, 5) is 10.5. The molecular formula is C8H14N2O2. The smallest absolute Gasteiger partial charge is 0.336 e. The fourth-order valence-electron chi connectivity index (χ4n) is 0.789. The van der Waals surface area contributed by atoms with Crippen molar-refractivity contribution >= 4 is 5.97 Å². The number of aliphatic carboxylic acids is 1. The van der Waals surface area contributed by atoms with Gasteiger partial charge in [0.05, 0.1) is 0 Å². The molecule has 0 aromatic rings. The van der Waals surface area contributed by atoms with Crippen molar-refractivity contribution in [3.8, 4) is 12.3 Å². The summed E-state index contributed by atoms with van der Waals surface area (Å²) >= 11 is 0. The molecule has 68 valence electrons. The Morgan fingerprint density at radius 1 is 1.58 bits per heavy atom. The lowest BCUT2D eigenvalue weighted by Crippen LogP contribution is -2.46. The van der Waals surface area contributed by atoms with Gasteiger partial charge in [0.25, 0.3) is 0 Å². The summed E-state index contributed by atoms with van der Waals surface area (Å²) < 4.78 is 0. The van der Waals surface area contributed by atoms with Crippen molar-refractivity contribution in [3.05, 3.63) is 0 Å². The molecule has 5 N–H and O–H groups in total. The molecular weight excluding hydrogens is 156 g/mol. The summed E-state index contributed by atoms with van der Waals surface area (Å²) in [6, 6.07) is 0. The first kappa shape index (κ1) is 11.0. The van der Waals surface area contributed by atoms with E-state index < -0.39 is 11.5 Å². The van der Waals surface area contributed by atoms with Crippen LogP contribution >= 0.6 is 0 Å². The van der Waals surface area contributed by atoms with Crippen LogP contribution in [0, 0.1) is 12.3 Å². The Bertz CT molecular complexity index is 198. The van der Waals surface area contributed by atoms with E-state index in [1.165, 1.54) is 0 Å². The zero-order valence-corrected chi connectivity index (χ0v) is 6.92. The largest absolute Gasteiger partial charge is 0.479 e. The Morgan fingerprint density at radius 3 is 2.50 bits per heavy atom. The van der Waals surface area contributed by atoms with E-state index in [1.807, 2.05) is 0 Å². The van der Waals surface area contributed by atoms with Gasteiger partial charge in [-0.1, -0.05) is 5.92 Å². The van der Waals surface area contributed by atoms with E-state index in [0.717, 1.165) is 6.42 Å². The highest BCUT2D eigenvalue weighted by Gasteiger charge is 2.30. The van der Waals surface area contributed by atoms with Gasteiger partial charge in [0.1, 0.15) is 0 Å². The quantitative estimate of drug-likeness (QED) is 0.384. The molecule has 0 bridgehead atoms. The molecule has 0 unspecified atom stereocenters. The van der Waals surface area contributed by atoms with Gasteiger partial charge in [0, 0.05) is 0 Å². The molecule has 4 nitrogen and oxygen atoms in total. The van der Waals surface area contributed by atoms with E-state index in [1.54, 1.807) is 0 Å². The second kappa shape index (κ2) is 4.75. The van der Waals surface area contributed by atoms with Gasteiger partial charge in [-0.2, -0.15) is 0 Å². The van der Waals surface area contributed by atoms with E-state index in [4.69, 9.17) is 23.0 Å². The molecule has 0 aromatic heterocycles. The third-order valence-electron chi connectivity index (χ3n) is 1.66. The van der Waals surface area contributed by atoms with Gasteiger partial charge in [0.15, 0.2) is 5.54 Å². The first-order chi connectivity index (χ1) is 5.56. The molecule has 0 heterocycles. The van der Waals surface area contributed by atoms with Gasteiger partial charge in [-0.05, 0) is 25.8 Å². The SMILES string of the molecule is C#C[C@](N)(CCCCN)C(=O)O. The molecule has 12 heavy (non-hydrogen) atoms. The summed E-state index contributed by atoms with van der Waals surface area (Å²) in [5, 5.41) is 8.63. The molecule has 0 radical (unpaired) electrons.